The average molecular weight is 517 g/mol. The zero-order valence-corrected chi connectivity index (χ0v) is 24.4. The number of hydrogen-bond donors (Lipinski definition) is 0. The van der Waals surface area contributed by atoms with E-state index < -0.39 is 0 Å². The Hall–Kier alpha value is -4.16. The molecule has 0 saturated carbocycles. The van der Waals surface area contributed by atoms with E-state index in [1.54, 1.807) is 0 Å². The lowest BCUT2D eigenvalue weighted by Gasteiger charge is -2.23. The Balaban J connectivity index is 0.000000143. The quantitative estimate of drug-likeness (QED) is 0.176. The lowest BCUT2D eigenvalue weighted by atomic mass is 9.81. The molecule has 0 atom stereocenters. The molecule has 0 aliphatic carbocycles. The van der Waals surface area contributed by atoms with E-state index in [1.165, 1.54) is 75.8 Å². The Bertz CT molecular complexity index is 1880. The number of benzene rings is 8. The summed E-state index contributed by atoms with van der Waals surface area (Å²) in [4.78, 5) is 0. The highest BCUT2D eigenvalue weighted by atomic mass is 14.2. The fourth-order valence-electron chi connectivity index (χ4n) is 6.37. The molecule has 40 heavy (non-hydrogen) atoms. The molecule has 0 saturated heterocycles. The van der Waals surface area contributed by atoms with Gasteiger partial charge in [0, 0.05) is 0 Å². The molecule has 0 heterocycles. The van der Waals surface area contributed by atoms with Crippen molar-refractivity contribution in [1.82, 2.24) is 0 Å². The predicted octanol–water partition coefficient (Wildman–Crippen LogP) is 11.8. The van der Waals surface area contributed by atoms with Crippen LogP contribution in [0.15, 0.2) is 109 Å². The lowest BCUT2D eigenvalue weighted by Crippen LogP contribution is -2.11. The van der Waals surface area contributed by atoms with Gasteiger partial charge in [0.2, 0.25) is 0 Å². The molecule has 0 amide bonds. The van der Waals surface area contributed by atoms with Gasteiger partial charge in [-0.3, -0.25) is 0 Å². The maximum absolute atomic E-state index is 2.37. The van der Waals surface area contributed by atoms with Gasteiger partial charge < -0.3 is 0 Å². The van der Waals surface area contributed by atoms with E-state index in [9.17, 15) is 0 Å². The maximum Gasteiger partial charge on any atom is -0.00266 e. The fraction of sp³-hybridized carbons (Fsp3) is 0.200. The van der Waals surface area contributed by atoms with E-state index in [-0.39, 0.29) is 10.8 Å². The van der Waals surface area contributed by atoms with Gasteiger partial charge in [-0.2, -0.15) is 0 Å². The number of rotatable bonds is 0. The van der Waals surface area contributed by atoms with Gasteiger partial charge in [-0.15, -0.1) is 0 Å². The molecule has 0 aliphatic rings. The van der Waals surface area contributed by atoms with E-state index in [4.69, 9.17) is 0 Å². The van der Waals surface area contributed by atoms with Crippen molar-refractivity contribution in [3.63, 3.8) is 0 Å². The Morgan fingerprint density at radius 3 is 0.775 bits per heavy atom. The van der Waals surface area contributed by atoms with Gasteiger partial charge in [-0.05, 0) is 86.6 Å². The second-order valence-electron chi connectivity index (χ2n) is 13.5. The van der Waals surface area contributed by atoms with Gasteiger partial charge in [0.25, 0.3) is 0 Å². The lowest BCUT2D eigenvalue weighted by molar-refractivity contribution is 0.591. The molecule has 0 radical (unpaired) electrons. The van der Waals surface area contributed by atoms with Crippen LogP contribution in [0.2, 0.25) is 0 Å². The topological polar surface area (TPSA) is 0 Å². The molecule has 0 heteroatoms. The van der Waals surface area contributed by atoms with Crippen LogP contribution in [0.5, 0.6) is 0 Å². The van der Waals surface area contributed by atoms with Gasteiger partial charge in [0.15, 0.2) is 0 Å². The Morgan fingerprint density at radius 2 is 0.525 bits per heavy atom. The van der Waals surface area contributed by atoms with Gasteiger partial charge in [-0.25, -0.2) is 0 Å². The first kappa shape index (κ1) is 24.9. The molecular formula is C40H36. The third-order valence-corrected chi connectivity index (χ3v) is 8.66. The van der Waals surface area contributed by atoms with Crippen LogP contribution in [0, 0.1) is 0 Å². The number of hydrogen-bond acceptors (Lipinski definition) is 0. The molecular weight excluding hydrogens is 480 g/mol. The first-order valence-corrected chi connectivity index (χ1v) is 14.4. The van der Waals surface area contributed by atoms with Crippen LogP contribution in [0.3, 0.4) is 0 Å². The van der Waals surface area contributed by atoms with Crippen molar-refractivity contribution in [2.75, 3.05) is 0 Å². The summed E-state index contributed by atoms with van der Waals surface area (Å²) < 4.78 is 0. The highest BCUT2D eigenvalue weighted by Gasteiger charge is 2.19. The van der Waals surface area contributed by atoms with Crippen LogP contribution in [0.25, 0.3) is 64.6 Å². The second kappa shape index (κ2) is 8.67. The molecule has 0 unspecified atom stereocenters. The van der Waals surface area contributed by atoms with Crippen LogP contribution in [-0.2, 0) is 10.8 Å². The van der Waals surface area contributed by atoms with Crippen LogP contribution in [0.4, 0.5) is 0 Å². The highest BCUT2D eigenvalue weighted by molar-refractivity contribution is 6.24. The molecule has 0 aromatic heterocycles. The van der Waals surface area contributed by atoms with Gasteiger partial charge in [-0.1, -0.05) is 151 Å². The van der Waals surface area contributed by atoms with E-state index in [0.717, 1.165) is 0 Å². The first-order chi connectivity index (χ1) is 19.1. The molecule has 8 rings (SSSR count). The van der Waals surface area contributed by atoms with Crippen molar-refractivity contribution in [1.29, 1.82) is 0 Å². The molecule has 8 aromatic carbocycles. The molecule has 196 valence electrons. The monoisotopic (exact) mass is 516 g/mol. The minimum Gasteiger partial charge on any atom is -0.0610 e. The van der Waals surface area contributed by atoms with E-state index in [2.05, 4.69) is 151 Å². The fourth-order valence-corrected chi connectivity index (χ4v) is 6.37. The molecule has 0 N–H and O–H groups in total. The molecule has 8 aromatic rings. The maximum atomic E-state index is 2.37. The van der Waals surface area contributed by atoms with E-state index in [0.29, 0.717) is 0 Å². The zero-order chi connectivity index (χ0) is 27.8. The summed E-state index contributed by atoms with van der Waals surface area (Å²) in [6.45, 7) is 13.7. The summed E-state index contributed by atoms with van der Waals surface area (Å²) in [5, 5.41) is 16.4. The second-order valence-corrected chi connectivity index (χ2v) is 13.5. The highest BCUT2D eigenvalue weighted by Crippen LogP contribution is 2.39. The normalized spacial score (nSPS) is 12.8. The first-order valence-electron chi connectivity index (χ1n) is 14.4. The molecule has 0 fully saturated rings. The summed E-state index contributed by atoms with van der Waals surface area (Å²) in [7, 11) is 0. The van der Waals surface area contributed by atoms with Gasteiger partial charge in [0.1, 0.15) is 0 Å². The van der Waals surface area contributed by atoms with Gasteiger partial charge >= 0.3 is 0 Å². The summed E-state index contributed by atoms with van der Waals surface area (Å²) in [6.07, 6.45) is 0. The minimum absolute atomic E-state index is 0.170. The summed E-state index contributed by atoms with van der Waals surface area (Å²) in [6, 6.07) is 40.5. The smallest absolute Gasteiger partial charge is 0.00266 e. The summed E-state index contributed by atoms with van der Waals surface area (Å²) in [5.41, 5.74) is 3.15. The van der Waals surface area contributed by atoms with Gasteiger partial charge in [0.05, 0.1) is 0 Å². The Kier molecular flexibility index (Phi) is 5.39. The van der Waals surface area contributed by atoms with Crippen molar-refractivity contribution in [2.24, 2.45) is 0 Å². The predicted molar refractivity (Wildman–Crippen MR) is 178 cm³/mol. The van der Waals surface area contributed by atoms with Crippen molar-refractivity contribution < 1.29 is 0 Å². The van der Waals surface area contributed by atoms with Crippen molar-refractivity contribution >= 4 is 64.6 Å². The van der Waals surface area contributed by atoms with Crippen LogP contribution >= 0.6 is 0 Å². The third-order valence-electron chi connectivity index (χ3n) is 8.66. The van der Waals surface area contributed by atoms with Crippen molar-refractivity contribution in [3.8, 4) is 0 Å². The van der Waals surface area contributed by atoms with Crippen molar-refractivity contribution in [3.05, 3.63) is 120 Å². The standard InChI is InChI=1S/C24H26.C16H10/c1-23(2,3)19-11-15-7-9-17-13-20(24(4,5)6)14-18-10-8-16(12-19)21(15)22(17)18;1-3-11-7-9-13-5-2-6-14-10-8-12(4-1)15(11)16(13)14/h7-14H,1-6H3;1-10H. The van der Waals surface area contributed by atoms with Crippen LogP contribution < -0.4 is 0 Å². The minimum atomic E-state index is 0.170. The van der Waals surface area contributed by atoms with Crippen LogP contribution in [0.1, 0.15) is 52.7 Å². The molecule has 0 nitrogen and oxygen atoms in total. The van der Waals surface area contributed by atoms with E-state index in [1.807, 2.05) is 0 Å². The van der Waals surface area contributed by atoms with E-state index >= 15 is 0 Å². The molecule has 0 spiro atoms. The zero-order valence-electron chi connectivity index (χ0n) is 24.4. The third kappa shape index (κ3) is 3.97. The average Bonchev–Trinajstić information content (AvgIpc) is 2.94. The van der Waals surface area contributed by atoms with Crippen LogP contribution in [-0.4, -0.2) is 0 Å². The Morgan fingerprint density at radius 1 is 0.300 bits per heavy atom. The van der Waals surface area contributed by atoms with Crippen molar-refractivity contribution in [2.45, 2.75) is 52.4 Å². The molecule has 0 bridgehead atoms. The molecule has 0 aliphatic heterocycles. The largest absolute Gasteiger partial charge is 0.0610 e. The summed E-state index contributed by atoms with van der Waals surface area (Å²) >= 11 is 0. The summed E-state index contributed by atoms with van der Waals surface area (Å²) in [5.74, 6) is 0. The SMILES string of the molecule is CC(C)(C)c1cc2ccc3cc(C(C)(C)C)cc4ccc(c1)c2c34.c1cc2ccc3cccc4ccc(c1)c2c34. The Labute approximate surface area is 236 Å².